The van der Waals surface area contributed by atoms with Crippen LogP contribution in [0, 0.1) is 12.2 Å². The first kappa shape index (κ1) is 10.0. The normalized spacial score (nSPS) is 31.8. The van der Waals surface area contributed by atoms with Gasteiger partial charge in [0.05, 0.1) is 5.69 Å². The highest BCUT2D eigenvalue weighted by molar-refractivity contribution is 5.42. The van der Waals surface area contributed by atoms with Gasteiger partial charge >= 0.3 is 0 Å². The Morgan fingerprint density at radius 1 is 1.50 bits per heavy atom. The van der Waals surface area contributed by atoms with Gasteiger partial charge in [-0.25, -0.2) is 4.98 Å². The van der Waals surface area contributed by atoms with Gasteiger partial charge in [-0.3, -0.25) is 0 Å². The van der Waals surface area contributed by atoms with Crippen LogP contribution in [0.4, 0.5) is 0 Å². The summed E-state index contributed by atoms with van der Waals surface area (Å²) in [4.78, 5) is 8.10. The summed E-state index contributed by atoms with van der Waals surface area (Å²) in [5, 5.41) is 13.2. The molecule has 4 nitrogen and oxygen atoms in total. The summed E-state index contributed by atoms with van der Waals surface area (Å²) in [6, 6.07) is 0. The fourth-order valence-electron chi connectivity index (χ4n) is 2.97. The van der Waals surface area contributed by atoms with Crippen LogP contribution in [0.5, 0.6) is 5.88 Å². The molecule has 85 valence electrons. The van der Waals surface area contributed by atoms with E-state index in [-0.39, 0.29) is 17.2 Å². The van der Waals surface area contributed by atoms with E-state index in [1.54, 1.807) is 0 Å². The van der Waals surface area contributed by atoms with Crippen molar-refractivity contribution in [3.05, 3.63) is 17.6 Å². The Labute approximate surface area is 95.1 Å². The van der Waals surface area contributed by atoms with Crippen molar-refractivity contribution in [1.29, 1.82) is 0 Å². The lowest BCUT2D eigenvalue weighted by Crippen LogP contribution is -2.22. The van der Waals surface area contributed by atoms with Crippen LogP contribution in [0.15, 0.2) is 0 Å². The Hall–Kier alpha value is -1.16. The van der Waals surface area contributed by atoms with Crippen molar-refractivity contribution >= 4 is 0 Å². The van der Waals surface area contributed by atoms with E-state index in [4.69, 9.17) is 0 Å². The zero-order valence-electron chi connectivity index (χ0n) is 9.62. The highest BCUT2D eigenvalue weighted by Gasteiger charge is 2.60. The topological polar surface area (TPSA) is 58.0 Å². The molecule has 1 aromatic rings. The van der Waals surface area contributed by atoms with Gasteiger partial charge in [0, 0.05) is 17.5 Å². The van der Waals surface area contributed by atoms with Gasteiger partial charge in [0.2, 0.25) is 12.2 Å². The maximum absolute atomic E-state index is 9.85. The van der Waals surface area contributed by atoms with Crippen molar-refractivity contribution in [2.45, 2.75) is 31.6 Å². The molecule has 2 atom stereocenters. The van der Waals surface area contributed by atoms with Crippen LogP contribution in [0.3, 0.4) is 0 Å². The number of piperidine rings is 1. The molecule has 3 rings (SSSR count). The van der Waals surface area contributed by atoms with Gasteiger partial charge < -0.3 is 10.4 Å². The molecule has 2 N–H and O–H groups in total. The molecule has 2 heterocycles. The SMILES string of the molecule is CC(C)c1c(O)n[c]nc1C12CNCC1C2. The molecule has 2 unspecified atom stereocenters. The molecule has 2 fully saturated rings. The summed E-state index contributed by atoms with van der Waals surface area (Å²) in [6.45, 7) is 6.18. The van der Waals surface area contributed by atoms with Gasteiger partial charge in [0.15, 0.2) is 0 Å². The largest absolute Gasteiger partial charge is 0.493 e. The van der Waals surface area contributed by atoms with Gasteiger partial charge in [0.1, 0.15) is 0 Å². The Morgan fingerprint density at radius 3 is 2.88 bits per heavy atom. The fraction of sp³-hybridized carbons (Fsp3) is 0.667. The summed E-state index contributed by atoms with van der Waals surface area (Å²) < 4.78 is 0. The first-order valence-electron chi connectivity index (χ1n) is 5.83. The molecule has 16 heavy (non-hydrogen) atoms. The van der Waals surface area contributed by atoms with E-state index < -0.39 is 0 Å². The molecular weight excluding hydrogens is 202 g/mol. The molecule has 4 heteroatoms. The molecule has 1 aliphatic carbocycles. The van der Waals surface area contributed by atoms with E-state index in [9.17, 15) is 5.11 Å². The Balaban J connectivity index is 2.10. The number of hydrogen-bond donors (Lipinski definition) is 2. The summed E-state index contributed by atoms with van der Waals surface area (Å²) >= 11 is 0. The van der Waals surface area contributed by atoms with Gasteiger partial charge in [-0.1, -0.05) is 13.8 Å². The maximum atomic E-state index is 9.85. The minimum atomic E-state index is 0.104. The van der Waals surface area contributed by atoms with Crippen molar-refractivity contribution < 1.29 is 5.11 Å². The second-order valence-corrected chi connectivity index (χ2v) is 5.25. The highest BCUT2D eigenvalue weighted by Crippen LogP contribution is 2.57. The molecule has 1 saturated heterocycles. The third kappa shape index (κ3) is 1.19. The average Bonchev–Trinajstić information content (AvgIpc) is 2.81. The van der Waals surface area contributed by atoms with Crippen molar-refractivity contribution in [2.24, 2.45) is 5.92 Å². The molecular formula is C12H16N3O. The number of fused-ring (bicyclic) bond motifs is 1. The quantitative estimate of drug-likeness (QED) is 0.776. The zero-order valence-corrected chi connectivity index (χ0v) is 9.62. The van der Waals surface area contributed by atoms with Crippen LogP contribution in [0.1, 0.15) is 37.4 Å². The van der Waals surface area contributed by atoms with Crippen molar-refractivity contribution in [1.82, 2.24) is 15.3 Å². The first-order valence-corrected chi connectivity index (χ1v) is 5.83. The van der Waals surface area contributed by atoms with Crippen LogP contribution in [0.2, 0.25) is 0 Å². The lowest BCUT2D eigenvalue weighted by atomic mass is 9.91. The summed E-state index contributed by atoms with van der Waals surface area (Å²) in [5.41, 5.74) is 2.09. The van der Waals surface area contributed by atoms with E-state index in [1.165, 1.54) is 6.42 Å². The monoisotopic (exact) mass is 218 g/mol. The molecule has 0 bridgehead atoms. The van der Waals surface area contributed by atoms with Crippen molar-refractivity contribution in [2.75, 3.05) is 13.1 Å². The van der Waals surface area contributed by atoms with Crippen LogP contribution in [-0.4, -0.2) is 28.2 Å². The summed E-state index contributed by atoms with van der Waals surface area (Å²) in [7, 11) is 0. The number of nitrogens with zero attached hydrogens (tertiary/aromatic N) is 2. The fourth-order valence-corrected chi connectivity index (χ4v) is 2.97. The second kappa shape index (κ2) is 3.17. The summed E-state index contributed by atoms with van der Waals surface area (Å²) in [5.74, 6) is 1.04. The van der Waals surface area contributed by atoms with E-state index in [0.717, 1.165) is 24.3 Å². The van der Waals surface area contributed by atoms with Crippen LogP contribution in [-0.2, 0) is 5.41 Å². The number of nitrogens with one attached hydrogen (secondary N) is 1. The number of aromatic hydroxyl groups is 1. The standard InChI is InChI=1S/C12H16N3O/c1-7(2)9-10(14-6-15-11(9)16)12-3-8(12)4-13-5-12/h7-8,13H,3-5H2,1-2H3,(H,14,15,16). The molecule has 0 amide bonds. The zero-order chi connectivity index (χ0) is 11.3. The van der Waals surface area contributed by atoms with Gasteiger partial charge in [-0.2, -0.15) is 4.98 Å². The number of hydrogen-bond acceptors (Lipinski definition) is 4. The second-order valence-electron chi connectivity index (χ2n) is 5.25. The number of rotatable bonds is 2. The molecule has 2 aliphatic rings. The molecule has 1 radical (unpaired) electrons. The van der Waals surface area contributed by atoms with E-state index >= 15 is 0 Å². The van der Waals surface area contributed by atoms with Gasteiger partial charge in [-0.15, -0.1) is 0 Å². The Morgan fingerprint density at radius 2 is 2.31 bits per heavy atom. The first-order chi connectivity index (χ1) is 7.65. The lowest BCUT2D eigenvalue weighted by molar-refractivity contribution is 0.434. The van der Waals surface area contributed by atoms with E-state index in [1.807, 2.05) is 0 Å². The smallest absolute Gasteiger partial charge is 0.218 e. The van der Waals surface area contributed by atoms with Gasteiger partial charge in [0.25, 0.3) is 0 Å². The van der Waals surface area contributed by atoms with Gasteiger partial charge in [-0.05, 0) is 24.8 Å². The molecule has 1 aromatic heterocycles. The third-order valence-electron chi connectivity index (χ3n) is 3.93. The molecule has 1 saturated carbocycles. The molecule has 0 aromatic carbocycles. The Bertz CT molecular complexity index is 432. The lowest BCUT2D eigenvalue weighted by Gasteiger charge is -2.18. The van der Waals surface area contributed by atoms with Crippen LogP contribution >= 0.6 is 0 Å². The Kier molecular flexibility index (Phi) is 1.98. The van der Waals surface area contributed by atoms with Crippen molar-refractivity contribution in [3.8, 4) is 5.88 Å². The summed E-state index contributed by atoms with van der Waals surface area (Å²) in [6.07, 6.45) is 3.76. The van der Waals surface area contributed by atoms with Crippen molar-refractivity contribution in [3.63, 3.8) is 0 Å². The third-order valence-corrected chi connectivity index (χ3v) is 3.93. The van der Waals surface area contributed by atoms with E-state index in [0.29, 0.717) is 5.92 Å². The van der Waals surface area contributed by atoms with Crippen LogP contribution in [0.25, 0.3) is 0 Å². The predicted octanol–water partition coefficient (Wildman–Crippen LogP) is 0.967. The molecule has 0 spiro atoms. The predicted molar refractivity (Wildman–Crippen MR) is 59.3 cm³/mol. The van der Waals surface area contributed by atoms with E-state index in [2.05, 4.69) is 35.5 Å². The highest BCUT2D eigenvalue weighted by atomic mass is 16.3. The average molecular weight is 218 g/mol. The maximum Gasteiger partial charge on any atom is 0.218 e. The molecule has 1 aliphatic heterocycles. The van der Waals surface area contributed by atoms with Crippen LogP contribution < -0.4 is 5.32 Å². The minimum Gasteiger partial charge on any atom is -0.493 e. The number of aromatic nitrogens is 2. The minimum absolute atomic E-state index is 0.104.